The van der Waals surface area contributed by atoms with E-state index in [1.165, 1.54) is 30.5 Å². The lowest BCUT2D eigenvalue weighted by Crippen LogP contribution is -2.22. The highest BCUT2D eigenvalue weighted by Crippen LogP contribution is 2.17. The molecule has 0 bridgehead atoms. The van der Waals surface area contributed by atoms with E-state index in [4.69, 9.17) is 16.3 Å². The fourth-order valence-electron chi connectivity index (χ4n) is 1.08. The van der Waals surface area contributed by atoms with E-state index >= 15 is 0 Å². The number of rotatable bonds is 5. The third-order valence-electron chi connectivity index (χ3n) is 1.95. The van der Waals surface area contributed by atoms with Crippen LogP contribution in [0.2, 0.25) is 0 Å². The second-order valence-corrected chi connectivity index (χ2v) is 5.83. The van der Waals surface area contributed by atoms with Crippen LogP contribution in [0, 0.1) is 0 Å². The van der Waals surface area contributed by atoms with Gasteiger partial charge in [-0.1, -0.05) is 0 Å². The highest BCUT2D eigenvalue weighted by molar-refractivity contribution is 7.89. The molecule has 0 aliphatic rings. The van der Waals surface area contributed by atoms with E-state index in [1.807, 2.05) is 0 Å². The third-order valence-corrected chi connectivity index (χ3v) is 3.93. The first-order valence-electron chi connectivity index (χ1n) is 4.70. The highest BCUT2D eigenvalue weighted by Gasteiger charge is 2.16. The van der Waals surface area contributed by atoms with E-state index in [1.54, 1.807) is 12.1 Å². The van der Waals surface area contributed by atoms with Crippen molar-refractivity contribution in [2.24, 2.45) is 0 Å². The minimum absolute atomic E-state index is 0.246. The molecule has 90 valence electrons. The number of nitrogens with zero attached hydrogens (tertiary/aromatic N) is 1. The first kappa shape index (κ1) is 13.3. The molecule has 0 aromatic heterocycles. The Bertz CT molecular complexity index is 428. The molecule has 0 aliphatic carbocycles. The van der Waals surface area contributed by atoms with Crippen LogP contribution in [0.4, 0.5) is 0 Å². The molecule has 0 N–H and O–H groups in total. The van der Waals surface area contributed by atoms with Gasteiger partial charge in [0.25, 0.3) is 0 Å². The Kier molecular flexibility index (Phi) is 4.58. The molecule has 1 rings (SSSR count). The Morgan fingerprint density at radius 3 is 2.25 bits per heavy atom. The van der Waals surface area contributed by atoms with Gasteiger partial charge in [0.15, 0.2) is 0 Å². The summed E-state index contributed by atoms with van der Waals surface area (Å²) in [7, 11) is -0.376. The maximum absolute atomic E-state index is 11.7. The summed E-state index contributed by atoms with van der Waals surface area (Å²) < 4.78 is 29.9. The Labute approximate surface area is 101 Å². The van der Waals surface area contributed by atoms with Crippen LogP contribution >= 0.6 is 11.6 Å². The van der Waals surface area contributed by atoms with Crippen molar-refractivity contribution in [2.45, 2.75) is 4.90 Å². The van der Waals surface area contributed by atoms with Crippen LogP contribution in [0.5, 0.6) is 5.75 Å². The zero-order valence-electron chi connectivity index (χ0n) is 9.18. The van der Waals surface area contributed by atoms with Crippen LogP contribution in [0.1, 0.15) is 0 Å². The normalized spacial score (nSPS) is 11.8. The molecular formula is C10H14ClNO3S. The van der Waals surface area contributed by atoms with Gasteiger partial charge in [0, 0.05) is 14.1 Å². The minimum Gasteiger partial charge on any atom is -0.492 e. The summed E-state index contributed by atoms with van der Waals surface area (Å²) in [6.45, 7) is 0.404. The molecule has 0 atom stereocenters. The van der Waals surface area contributed by atoms with Crippen molar-refractivity contribution >= 4 is 21.6 Å². The fraction of sp³-hybridized carbons (Fsp3) is 0.400. The first-order chi connectivity index (χ1) is 7.48. The average molecular weight is 264 g/mol. The average Bonchev–Trinajstić information content (AvgIpc) is 2.26. The van der Waals surface area contributed by atoms with Crippen molar-refractivity contribution in [2.75, 3.05) is 26.6 Å². The van der Waals surface area contributed by atoms with Crippen LogP contribution in [0.25, 0.3) is 0 Å². The van der Waals surface area contributed by atoms with Crippen LogP contribution in [-0.2, 0) is 10.0 Å². The van der Waals surface area contributed by atoms with Crippen LogP contribution in [0.3, 0.4) is 0 Å². The van der Waals surface area contributed by atoms with Crippen molar-refractivity contribution in [3.8, 4) is 5.75 Å². The second kappa shape index (κ2) is 5.52. The van der Waals surface area contributed by atoms with E-state index in [0.717, 1.165) is 0 Å². The number of sulfonamides is 1. The van der Waals surface area contributed by atoms with Gasteiger partial charge < -0.3 is 4.74 Å². The lowest BCUT2D eigenvalue weighted by Gasteiger charge is -2.11. The predicted octanol–water partition coefficient (Wildman–Crippen LogP) is 1.55. The quantitative estimate of drug-likeness (QED) is 0.758. The lowest BCUT2D eigenvalue weighted by molar-refractivity contribution is 0.342. The van der Waals surface area contributed by atoms with Gasteiger partial charge in [0.05, 0.1) is 10.8 Å². The number of hydrogen-bond acceptors (Lipinski definition) is 3. The predicted molar refractivity (Wildman–Crippen MR) is 63.5 cm³/mol. The number of hydrogen-bond donors (Lipinski definition) is 0. The monoisotopic (exact) mass is 263 g/mol. The molecule has 0 heterocycles. The van der Waals surface area contributed by atoms with Gasteiger partial charge in [-0.25, -0.2) is 12.7 Å². The van der Waals surface area contributed by atoms with Gasteiger partial charge in [-0.05, 0) is 24.3 Å². The molecule has 16 heavy (non-hydrogen) atoms. The molecule has 0 spiro atoms. The van der Waals surface area contributed by atoms with E-state index in [-0.39, 0.29) is 4.90 Å². The Morgan fingerprint density at radius 1 is 1.25 bits per heavy atom. The molecule has 0 saturated carbocycles. The standard InChI is InChI=1S/C10H14ClNO3S/c1-12(2)16(13,14)10-5-3-9(4-6-10)15-8-7-11/h3-6H,7-8H2,1-2H3. The van der Waals surface area contributed by atoms with Crippen molar-refractivity contribution < 1.29 is 13.2 Å². The summed E-state index contributed by atoms with van der Waals surface area (Å²) in [5.41, 5.74) is 0. The molecule has 0 unspecified atom stereocenters. The van der Waals surface area contributed by atoms with Gasteiger partial charge in [0.1, 0.15) is 12.4 Å². The minimum atomic E-state index is -3.36. The maximum Gasteiger partial charge on any atom is 0.242 e. The molecule has 4 nitrogen and oxygen atoms in total. The summed E-state index contributed by atoms with van der Waals surface area (Å²) in [6.07, 6.45) is 0. The number of halogens is 1. The van der Waals surface area contributed by atoms with Gasteiger partial charge >= 0.3 is 0 Å². The summed E-state index contributed by atoms with van der Waals surface area (Å²) >= 11 is 5.47. The van der Waals surface area contributed by atoms with E-state index in [9.17, 15) is 8.42 Å². The zero-order chi connectivity index (χ0) is 12.2. The Morgan fingerprint density at radius 2 is 1.81 bits per heavy atom. The zero-order valence-corrected chi connectivity index (χ0v) is 10.8. The fourth-order valence-corrected chi connectivity index (χ4v) is 2.05. The smallest absolute Gasteiger partial charge is 0.242 e. The largest absolute Gasteiger partial charge is 0.492 e. The van der Waals surface area contributed by atoms with Gasteiger partial charge in [-0.3, -0.25) is 0 Å². The van der Waals surface area contributed by atoms with E-state index in [0.29, 0.717) is 18.2 Å². The molecule has 1 aromatic rings. The summed E-state index contributed by atoms with van der Waals surface area (Å²) in [4.78, 5) is 0.246. The number of benzene rings is 1. The second-order valence-electron chi connectivity index (χ2n) is 3.30. The molecule has 0 saturated heterocycles. The Balaban J connectivity index is 2.87. The van der Waals surface area contributed by atoms with Crippen molar-refractivity contribution in [1.82, 2.24) is 4.31 Å². The Hall–Kier alpha value is -0.780. The van der Waals surface area contributed by atoms with Crippen LogP contribution in [0.15, 0.2) is 29.2 Å². The topological polar surface area (TPSA) is 46.6 Å². The van der Waals surface area contributed by atoms with Gasteiger partial charge in [-0.2, -0.15) is 0 Å². The number of ether oxygens (including phenoxy) is 1. The summed E-state index contributed by atoms with van der Waals surface area (Å²) in [6, 6.07) is 6.25. The van der Waals surface area contributed by atoms with Crippen molar-refractivity contribution in [1.29, 1.82) is 0 Å². The molecule has 1 aromatic carbocycles. The third kappa shape index (κ3) is 3.10. The van der Waals surface area contributed by atoms with E-state index in [2.05, 4.69) is 0 Å². The highest BCUT2D eigenvalue weighted by atomic mass is 35.5. The molecular weight excluding hydrogens is 250 g/mol. The molecule has 6 heteroatoms. The summed E-state index contributed by atoms with van der Waals surface area (Å²) in [5, 5.41) is 0. The molecule has 0 fully saturated rings. The van der Waals surface area contributed by atoms with Crippen molar-refractivity contribution in [3.63, 3.8) is 0 Å². The SMILES string of the molecule is CN(C)S(=O)(=O)c1ccc(OCCCl)cc1. The van der Waals surface area contributed by atoms with E-state index < -0.39 is 10.0 Å². The van der Waals surface area contributed by atoms with Gasteiger partial charge in [0.2, 0.25) is 10.0 Å². The van der Waals surface area contributed by atoms with Gasteiger partial charge in [-0.15, -0.1) is 11.6 Å². The molecule has 0 radical (unpaired) electrons. The molecule has 0 aliphatic heterocycles. The maximum atomic E-state index is 11.7. The van der Waals surface area contributed by atoms with Crippen LogP contribution in [-0.4, -0.2) is 39.3 Å². The van der Waals surface area contributed by atoms with Crippen LogP contribution < -0.4 is 4.74 Å². The molecule has 0 amide bonds. The first-order valence-corrected chi connectivity index (χ1v) is 6.67. The number of alkyl halides is 1. The van der Waals surface area contributed by atoms with Crippen molar-refractivity contribution in [3.05, 3.63) is 24.3 Å². The lowest BCUT2D eigenvalue weighted by atomic mass is 10.3. The summed E-state index contributed by atoms with van der Waals surface area (Å²) in [5.74, 6) is 1.01.